The van der Waals surface area contributed by atoms with E-state index in [1.54, 1.807) is 29.3 Å². The molecule has 3 aromatic rings. The first kappa shape index (κ1) is 24.6. The van der Waals surface area contributed by atoms with E-state index in [2.05, 4.69) is 10.3 Å². The van der Waals surface area contributed by atoms with Crippen LogP contribution in [0.25, 0.3) is 10.1 Å². The summed E-state index contributed by atoms with van der Waals surface area (Å²) in [5.74, 6) is 5.08. The van der Waals surface area contributed by atoms with Crippen LogP contribution in [0.4, 0.5) is 0 Å². The SMILES string of the molecule is CNC(=O)C1CN(S(=O)(=O)c2cc3ccc(Cl)cc3s2)CCN1C(=O)c1nc2c(s1)CN(N)CC2. The van der Waals surface area contributed by atoms with Crippen molar-refractivity contribution in [2.75, 3.05) is 33.2 Å². The summed E-state index contributed by atoms with van der Waals surface area (Å²) in [5, 5.41) is 5.82. The van der Waals surface area contributed by atoms with Crippen molar-refractivity contribution in [2.24, 2.45) is 5.84 Å². The number of thiophene rings is 1. The number of rotatable bonds is 4. The molecule has 3 N–H and O–H groups in total. The van der Waals surface area contributed by atoms with Gasteiger partial charge in [-0.3, -0.25) is 15.4 Å². The van der Waals surface area contributed by atoms with Crippen LogP contribution in [0.3, 0.4) is 0 Å². The first-order chi connectivity index (χ1) is 16.7. The minimum absolute atomic E-state index is 0.0677. The highest BCUT2D eigenvalue weighted by Crippen LogP contribution is 2.34. The first-order valence-corrected chi connectivity index (χ1v) is 14.3. The topological polar surface area (TPSA) is 129 Å². The quantitative estimate of drug-likeness (QED) is 0.468. The third-order valence-corrected chi connectivity index (χ3v) is 10.9. The summed E-state index contributed by atoms with van der Waals surface area (Å²) in [4.78, 5) is 33.0. The third kappa shape index (κ3) is 4.57. The van der Waals surface area contributed by atoms with Crippen LogP contribution >= 0.6 is 34.3 Å². The highest BCUT2D eigenvalue weighted by Gasteiger charge is 2.41. The molecule has 1 saturated heterocycles. The number of fused-ring (bicyclic) bond motifs is 2. The number of nitrogens with one attached hydrogen (secondary N) is 1. The van der Waals surface area contributed by atoms with Gasteiger partial charge in [-0.1, -0.05) is 17.7 Å². The number of benzene rings is 1. The zero-order chi connectivity index (χ0) is 24.9. The molecule has 2 aliphatic rings. The number of carbonyl (C=O) groups is 2. The van der Waals surface area contributed by atoms with Gasteiger partial charge >= 0.3 is 0 Å². The van der Waals surface area contributed by atoms with E-state index in [9.17, 15) is 18.0 Å². The first-order valence-electron chi connectivity index (χ1n) is 10.9. The Balaban J connectivity index is 1.40. The van der Waals surface area contributed by atoms with E-state index in [0.717, 1.165) is 32.0 Å². The normalized spacial score (nSPS) is 19.6. The van der Waals surface area contributed by atoms with Gasteiger partial charge in [0.2, 0.25) is 5.91 Å². The number of nitrogens with zero attached hydrogens (tertiary/aromatic N) is 4. The van der Waals surface area contributed by atoms with Crippen LogP contribution in [0.1, 0.15) is 20.4 Å². The fourth-order valence-electron chi connectivity index (χ4n) is 4.27. The number of sulfonamides is 1. The molecule has 14 heteroatoms. The number of likely N-dealkylation sites (N-methyl/N-ethyl adjacent to an activating group) is 1. The molecule has 1 atom stereocenters. The minimum atomic E-state index is -3.88. The molecule has 1 fully saturated rings. The number of amides is 2. The molecule has 0 spiro atoms. The summed E-state index contributed by atoms with van der Waals surface area (Å²) < 4.78 is 29.1. The molecule has 2 amide bonds. The third-order valence-electron chi connectivity index (χ3n) is 6.15. The molecule has 2 aliphatic heterocycles. The Kier molecular flexibility index (Phi) is 6.59. The predicted molar refractivity (Wildman–Crippen MR) is 135 cm³/mol. The van der Waals surface area contributed by atoms with E-state index >= 15 is 0 Å². The van der Waals surface area contributed by atoms with Crippen molar-refractivity contribution in [3.05, 3.63) is 44.9 Å². The van der Waals surface area contributed by atoms with Crippen molar-refractivity contribution in [1.82, 2.24) is 24.5 Å². The van der Waals surface area contributed by atoms with Crippen molar-refractivity contribution in [3.8, 4) is 0 Å². The zero-order valence-electron chi connectivity index (χ0n) is 18.7. The smallest absolute Gasteiger partial charge is 0.283 e. The monoisotopic (exact) mass is 554 g/mol. The van der Waals surface area contributed by atoms with E-state index in [-0.39, 0.29) is 34.8 Å². The van der Waals surface area contributed by atoms with E-state index in [0.29, 0.717) is 24.5 Å². The predicted octanol–water partition coefficient (Wildman–Crippen LogP) is 1.50. The Morgan fingerprint density at radius 2 is 2.00 bits per heavy atom. The van der Waals surface area contributed by atoms with Gasteiger partial charge in [-0.25, -0.2) is 18.4 Å². The summed E-state index contributed by atoms with van der Waals surface area (Å²) in [6.07, 6.45) is 0.654. The van der Waals surface area contributed by atoms with Gasteiger partial charge in [0.15, 0.2) is 5.01 Å². The number of carbonyl (C=O) groups excluding carboxylic acids is 2. The molecule has 10 nitrogen and oxygen atoms in total. The Bertz CT molecular complexity index is 1420. The maximum absolute atomic E-state index is 13.4. The molecule has 186 valence electrons. The van der Waals surface area contributed by atoms with Crippen molar-refractivity contribution >= 4 is 66.2 Å². The fourth-order valence-corrected chi connectivity index (χ4v) is 8.63. The molecule has 0 saturated carbocycles. The molecule has 1 unspecified atom stereocenters. The summed E-state index contributed by atoms with van der Waals surface area (Å²) >= 11 is 8.45. The molecule has 0 radical (unpaired) electrons. The number of piperazine rings is 1. The second-order valence-corrected chi connectivity index (χ2v) is 13.1. The number of halogens is 1. The van der Waals surface area contributed by atoms with E-state index in [4.69, 9.17) is 17.4 Å². The van der Waals surface area contributed by atoms with Crippen LogP contribution in [0, 0.1) is 0 Å². The molecule has 5 rings (SSSR count). The highest BCUT2D eigenvalue weighted by atomic mass is 35.5. The average Bonchev–Trinajstić information content (AvgIpc) is 3.46. The molecule has 4 heterocycles. The summed E-state index contributed by atoms with van der Waals surface area (Å²) in [5.41, 5.74) is 0.850. The molecule has 2 aromatic heterocycles. The largest absolute Gasteiger partial charge is 0.357 e. The lowest BCUT2D eigenvalue weighted by Crippen LogP contribution is -2.61. The maximum Gasteiger partial charge on any atom is 0.283 e. The van der Waals surface area contributed by atoms with Crippen LogP contribution in [0.2, 0.25) is 5.02 Å². The van der Waals surface area contributed by atoms with Gasteiger partial charge in [-0.05, 0) is 23.6 Å². The maximum atomic E-state index is 13.4. The van der Waals surface area contributed by atoms with E-state index < -0.39 is 22.0 Å². The van der Waals surface area contributed by atoms with Gasteiger partial charge in [-0.2, -0.15) is 4.31 Å². The van der Waals surface area contributed by atoms with Crippen LogP contribution in [0.15, 0.2) is 28.5 Å². The van der Waals surface area contributed by atoms with Gasteiger partial charge in [0, 0.05) is 60.8 Å². The lowest BCUT2D eigenvalue weighted by Gasteiger charge is -2.39. The van der Waals surface area contributed by atoms with Gasteiger partial charge in [0.25, 0.3) is 15.9 Å². The number of thiazole rings is 1. The lowest BCUT2D eigenvalue weighted by atomic mass is 10.1. The molecular weight excluding hydrogens is 532 g/mol. The van der Waals surface area contributed by atoms with Gasteiger partial charge in [0.05, 0.1) is 5.69 Å². The summed E-state index contributed by atoms with van der Waals surface area (Å²) in [6, 6.07) is 5.84. The van der Waals surface area contributed by atoms with Crippen LogP contribution in [0.5, 0.6) is 0 Å². The fraction of sp³-hybridized carbons (Fsp3) is 0.381. The number of hydrogen-bond donors (Lipinski definition) is 2. The van der Waals surface area contributed by atoms with Gasteiger partial charge < -0.3 is 10.2 Å². The van der Waals surface area contributed by atoms with Crippen LogP contribution in [-0.2, 0) is 27.8 Å². The van der Waals surface area contributed by atoms with E-state index in [1.807, 2.05) is 0 Å². The Labute approximate surface area is 215 Å². The van der Waals surface area contributed by atoms with Crippen molar-refractivity contribution in [2.45, 2.75) is 23.2 Å². The Hall–Kier alpha value is -2.13. The summed E-state index contributed by atoms with van der Waals surface area (Å²) in [6.45, 7) is 1.17. The Morgan fingerprint density at radius 1 is 1.20 bits per heavy atom. The number of aromatic nitrogens is 1. The summed E-state index contributed by atoms with van der Waals surface area (Å²) in [7, 11) is -2.41. The van der Waals surface area contributed by atoms with E-state index in [1.165, 1.54) is 27.6 Å². The van der Waals surface area contributed by atoms with Crippen molar-refractivity contribution < 1.29 is 18.0 Å². The molecule has 35 heavy (non-hydrogen) atoms. The lowest BCUT2D eigenvalue weighted by molar-refractivity contribution is -0.126. The molecular formula is C21H23ClN6O4S3. The average molecular weight is 555 g/mol. The van der Waals surface area contributed by atoms with Crippen molar-refractivity contribution in [3.63, 3.8) is 0 Å². The van der Waals surface area contributed by atoms with Crippen LogP contribution in [-0.4, -0.2) is 78.7 Å². The van der Waals surface area contributed by atoms with Crippen molar-refractivity contribution in [1.29, 1.82) is 0 Å². The van der Waals surface area contributed by atoms with Crippen LogP contribution < -0.4 is 11.2 Å². The molecule has 1 aromatic carbocycles. The second-order valence-electron chi connectivity index (χ2n) is 8.35. The minimum Gasteiger partial charge on any atom is -0.357 e. The number of hydrazine groups is 1. The molecule has 0 bridgehead atoms. The Morgan fingerprint density at radius 3 is 2.77 bits per heavy atom. The standard InChI is InChI=1S/C21H23ClN6O4S3/c1-24-19(29)15-10-27(35(31,32)18-8-12-2-3-13(22)9-16(12)33-18)6-7-28(15)21(30)20-25-14-4-5-26(23)11-17(14)34-20/h2-3,8-9,15H,4-7,10-11,23H2,1H3,(H,24,29). The number of hydrogen-bond acceptors (Lipinski definition) is 9. The molecule has 0 aliphatic carbocycles. The zero-order valence-corrected chi connectivity index (χ0v) is 21.9. The number of nitrogens with two attached hydrogens (primary N) is 1. The van der Waals surface area contributed by atoms with Gasteiger partial charge in [0.1, 0.15) is 10.3 Å². The van der Waals surface area contributed by atoms with Gasteiger partial charge in [-0.15, -0.1) is 22.7 Å². The second kappa shape index (κ2) is 9.39. The highest BCUT2D eigenvalue weighted by molar-refractivity contribution is 7.91.